The molecule has 0 radical (unpaired) electrons. The zero-order valence-electron chi connectivity index (χ0n) is 9.38. The maximum atomic E-state index is 12.9. The van der Waals surface area contributed by atoms with Crippen molar-refractivity contribution in [1.29, 1.82) is 0 Å². The third kappa shape index (κ3) is 2.93. The van der Waals surface area contributed by atoms with Gasteiger partial charge >= 0.3 is 12.3 Å². The van der Waals surface area contributed by atoms with Crippen molar-refractivity contribution in [3.05, 3.63) is 11.8 Å². The number of hydrogen-bond donors (Lipinski definition) is 1. The van der Waals surface area contributed by atoms with Gasteiger partial charge in [0.1, 0.15) is 0 Å². The number of nitrogens with one attached hydrogen (secondary N) is 1. The standard InChI is InChI=1S/C9H13F4N3O/c1-3-5(14-4-2)6-15-16-8(17-6)9(12,13)7(10)11/h5,7,14H,3-4H2,1-2H3. The largest absolute Gasteiger partial charge is 0.418 e. The summed E-state index contributed by atoms with van der Waals surface area (Å²) in [6, 6.07) is -0.408. The van der Waals surface area contributed by atoms with Gasteiger partial charge in [-0.2, -0.15) is 8.78 Å². The van der Waals surface area contributed by atoms with E-state index in [4.69, 9.17) is 0 Å². The Labute approximate surface area is 95.4 Å². The average molecular weight is 255 g/mol. The second-order valence-corrected chi connectivity index (χ2v) is 3.39. The van der Waals surface area contributed by atoms with Crippen LogP contribution in [0.3, 0.4) is 0 Å². The highest BCUT2D eigenvalue weighted by molar-refractivity contribution is 4.96. The van der Waals surface area contributed by atoms with Gasteiger partial charge in [0.15, 0.2) is 0 Å². The van der Waals surface area contributed by atoms with Gasteiger partial charge in [-0.15, -0.1) is 10.2 Å². The summed E-state index contributed by atoms with van der Waals surface area (Å²) in [5.41, 5.74) is 0. The van der Waals surface area contributed by atoms with Gasteiger partial charge in [-0.25, -0.2) is 8.78 Å². The zero-order chi connectivity index (χ0) is 13.1. The minimum absolute atomic E-state index is 0.107. The number of alkyl halides is 4. The molecular weight excluding hydrogens is 242 g/mol. The Kier molecular flexibility index (Phi) is 4.44. The molecule has 0 fully saturated rings. The maximum Gasteiger partial charge on any atom is 0.382 e. The van der Waals surface area contributed by atoms with Gasteiger partial charge in [-0.05, 0) is 13.0 Å². The highest BCUT2D eigenvalue weighted by atomic mass is 19.3. The molecular formula is C9H13F4N3O. The van der Waals surface area contributed by atoms with Crippen molar-refractivity contribution < 1.29 is 22.0 Å². The molecule has 8 heteroatoms. The van der Waals surface area contributed by atoms with Gasteiger partial charge in [0.25, 0.3) is 5.89 Å². The van der Waals surface area contributed by atoms with E-state index in [1.165, 1.54) is 0 Å². The molecule has 98 valence electrons. The molecule has 0 saturated carbocycles. The van der Waals surface area contributed by atoms with Crippen LogP contribution in [0.5, 0.6) is 0 Å². The molecule has 1 unspecified atom stereocenters. The molecule has 0 aliphatic heterocycles. The molecule has 1 rings (SSSR count). The van der Waals surface area contributed by atoms with Crippen molar-refractivity contribution in [3.8, 4) is 0 Å². The van der Waals surface area contributed by atoms with Crippen LogP contribution in [0.2, 0.25) is 0 Å². The number of hydrogen-bond acceptors (Lipinski definition) is 4. The maximum absolute atomic E-state index is 12.9. The number of halogens is 4. The summed E-state index contributed by atoms with van der Waals surface area (Å²) in [5, 5.41) is 9.25. The third-order valence-corrected chi connectivity index (χ3v) is 2.16. The lowest BCUT2D eigenvalue weighted by Gasteiger charge is -2.11. The molecule has 4 nitrogen and oxygen atoms in total. The van der Waals surface area contributed by atoms with Crippen LogP contribution in [0.15, 0.2) is 4.42 Å². The Bertz CT molecular complexity index is 356. The Morgan fingerprint density at radius 2 is 1.94 bits per heavy atom. The molecule has 0 saturated heterocycles. The Morgan fingerprint density at radius 1 is 1.29 bits per heavy atom. The lowest BCUT2D eigenvalue weighted by Crippen LogP contribution is -2.24. The molecule has 0 bridgehead atoms. The second-order valence-electron chi connectivity index (χ2n) is 3.39. The van der Waals surface area contributed by atoms with Crippen LogP contribution in [0.4, 0.5) is 17.6 Å². The summed E-state index contributed by atoms with van der Waals surface area (Å²) < 4.78 is 54.4. The molecule has 1 N–H and O–H groups in total. The van der Waals surface area contributed by atoms with E-state index in [9.17, 15) is 17.6 Å². The highest BCUT2D eigenvalue weighted by Gasteiger charge is 2.48. The molecule has 1 aromatic heterocycles. The van der Waals surface area contributed by atoms with Gasteiger partial charge in [0.2, 0.25) is 5.89 Å². The topological polar surface area (TPSA) is 51.0 Å². The third-order valence-electron chi connectivity index (χ3n) is 2.16. The molecule has 1 atom stereocenters. The monoisotopic (exact) mass is 255 g/mol. The van der Waals surface area contributed by atoms with Crippen LogP contribution in [-0.4, -0.2) is 23.2 Å². The fraction of sp³-hybridized carbons (Fsp3) is 0.778. The van der Waals surface area contributed by atoms with E-state index in [1.807, 2.05) is 6.92 Å². The molecule has 1 heterocycles. The SMILES string of the molecule is CCNC(CC)c1nnc(C(F)(F)C(F)F)o1. The van der Waals surface area contributed by atoms with Crippen LogP contribution in [0, 0.1) is 0 Å². The first-order valence-electron chi connectivity index (χ1n) is 5.16. The van der Waals surface area contributed by atoms with Crippen molar-refractivity contribution in [3.63, 3.8) is 0 Å². The van der Waals surface area contributed by atoms with Gasteiger partial charge in [0.05, 0.1) is 6.04 Å². The fourth-order valence-electron chi connectivity index (χ4n) is 1.26. The summed E-state index contributed by atoms with van der Waals surface area (Å²) in [6.45, 7) is 4.16. The second kappa shape index (κ2) is 5.44. The van der Waals surface area contributed by atoms with Gasteiger partial charge < -0.3 is 9.73 Å². The van der Waals surface area contributed by atoms with E-state index < -0.39 is 24.3 Å². The molecule has 0 aromatic carbocycles. The van der Waals surface area contributed by atoms with E-state index in [0.717, 1.165) is 0 Å². The Morgan fingerprint density at radius 3 is 2.41 bits per heavy atom. The molecule has 0 aliphatic rings. The van der Waals surface area contributed by atoms with Crippen molar-refractivity contribution in [2.45, 2.75) is 38.7 Å². The first-order valence-corrected chi connectivity index (χ1v) is 5.16. The van der Waals surface area contributed by atoms with Gasteiger partial charge in [-0.1, -0.05) is 13.8 Å². The fourth-order valence-corrected chi connectivity index (χ4v) is 1.26. The number of rotatable bonds is 6. The summed E-state index contributed by atoms with van der Waals surface area (Å²) in [4.78, 5) is 0. The molecule has 0 aliphatic carbocycles. The van der Waals surface area contributed by atoms with Gasteiger partial charge in [0, 0.05) is 0 Å². The average Bonchev–Trinajstić information content (AvgIpc) is 2.75. The lowest BCUT2D eigenvalue weighted by molar-refractivity contribution is -0.151. The Hall–Kier alpha value is -1.18. The van der Waals surface area contributed by atoms with Crippen molar-refractivity contribution in [2.75, 3.05) is 6.54 Å². The highest BCUT2D eigenvalue weighted by Crippen LogP contribution is 2.34. The van der Waals surface area contributed by atoms with Crippen LogP contribution in [0.25, 0.3) is 0 Å². The summed E-state index contributed by atoms with van der Waals surface area (Å²) in [5.74, 6) is -5.86. The zero-order valence-corrected chi connectivity index (χ0v) is 9.38. The van der Waals surface area contributed by atoms with Crippen LogP contribution in [0.1, 0.15) is 38.1 Å². The molecule has 17 heavy (non-hydrogen) atoms. The summed E-state index contributed by atoms with van der Waals surface area (Å²) in [7, 11) is 0. The van der Waals surface area contributed by atoms with E-state index >= 15 is 0 Å². The minimum Gasteiger partial charge on any atom is -0.418 e. The summed E-state index contributed by atoms with van der Waals surface area (Å²) >= 11 is 0. The van der Waals surface area contributed by atoms with Crippen LogP contribution in [-0.2, 0) is 5.92 Å². The molecule has 0 amide bonds. The normalized spacial score (nSPS) is 14.3. The first kappa shape index (κ1) is 13.9. The number of aromatic nitrogens is 2. The minimum atomic E-state index is -4.41. The lowest BCUT2D eigenvalue weighted by atomic mass is 10.2. The quantitative estimate of drug-likeness (QED) is 0.793. The van der Waals surface area contributed by atoms with E-state index in [-0.39, 0.29) is 5.89 Å². The van der Waals surface area contributed by atoms with Crippen LogP contribution < -0.4 is 5.32 Å². The van der Waals surface area contributed by atoms with Crippen LogP contribution >= 0.6 is 0 Å². The molecule has 1 aromatic rings. The smallest absolute Gasteiger partial charge is 0.382 e. The first-order chi connectivity index (χ1) is 7.93. The Balaban J connectivity index is 2.90. The summed E-state index contributed by atoms with van der Waals surface area (Å²) in [6.07, 6.45) is -3.34. The molecule has 0 spiro atoms. The van der Waals surface area contributed by atoms with E-state index in [0.29, 0.717) is 13.0 Å². The van der Waals surface area contributed by atoms with Crippen molar-refractivity contribution in [2.24, 2.45) is 0 Å². The van der Waals surface area contributed by atoms with Gasteiger partial charge in [-0.3, -0.25) is 0 Å². The van der Waals surface area contributed by atoms with E-state index in [1.54, 1.807) is 6.92 Å². The van der Waals surface area contributed by atoms with Crippen molar-refractivity contribution in [1.82, 2.24) is 15.5 Å². The number of nitrogens with zero attached hydrogens (tertiary/aromatic N) is 2. The predicted molar refractivity (Wildman–Crippen MR) is 50.9 cm³/mol. The van der Waals surface area contributed by atoms with Crippen molar-refractivity contribution >= 4 is 0 Å². The van der Waals surface area contributed by atoms with E-state index in [2.05, 4.69) is 19.9 Å². The predicted octanol–water partition coefficient (Wildman–Crippen LogP) is 2.49.